The highest BCUT2D eigenvalue weighted by Gasteiger charge is 2.14. The van der Waals surface area contributed by atoms with Gasteiger partial charge in [-0.1, -0.05) is 6.07 Å². The Balaban J connectivity index is 1.56. The second-order valence-corrected chi connectivity index (χ2v) is 8.94. The number of amides is 1. The van der Waals surface area contributed by atoms with Crippen LogP contribution in [0.25, 0.3) is 0 Å². The Kier molecular flexibility index (Phi) is 7.43. The quantitative estimate of drug-likeness (QED) is 0.466. The van der Waals surface area contributed by atoms with Crippen molar-refractivity contribution in [1.82, 2.24) is 0 Å². The summed E-state index contributed by atoms with van der Waals surface area (Å²) in [6.07, 6.45) is 1.96. The van der Waals surface area contributed by atoms with Gasteiger partial charge in [0.1, 0.15) is 11.5 Å². The molecule has 0 unspecified atom stereocenters. The van der Waals surface area contributed by atoms with Gasteiger partial charge in [-0.3, -0.25) is 9.52 Å². The largest absolute Gasteiger partial charge is 0.497 e. The maximum atomic E-state index is 12.5. The summed E-state index contributed by atoms with van der Waals surface area (Å²) in [5.74, 6) is 0.706. The van der Waals surface area contributed by atoms with E-state index in [0.29, 0.717) is 22.9 Å². The van der Waals surface area contributed by atoms with E-state index in [2.05, 4.69) is 10.0 Å². The maximum absolute atomic E-state index is 12.5. The van der Waals surface area contributed by atoms with E-state index < -0.39 is 10.0 Å². The normalized spacial score (nSPS) is 10.9. The summed E-state index contributed by atoms with van der Waals surface area (Å²) in [5, 5.41) is 2.77. The number of hydrogen-bond acceptors (Lipinski definition) is 6. The molecule has 0 aliphatic rings. The molecule has 1 amide bonds. The first-order valence-electron chi connectivity index (χ1n) is 9.23. The highest BCUT2D eigenvalue weighted by molar-refractivity contribution is 7.98. The van der Waals surface area contributed by atoms with Crippen LogP contribution >= 0.6 is 11.8 Å². The average molecular weight is 459 g/mol. The Morgan fingerprint density at radius 3 is 2.26 bits per heavy atom. The summed E-state index contributed by atoms with van der Waals surface area (Å²) in [4.78, 5) is 13.2. The topological polar surface area (TPSA) is 93.7 Å². The number of sulfonamides is 1. The summed E-state index contributed by atoms with van der Waals surface area (Å²) < 4.78 is 38.1. The molecule has 3 aromatic rings. The third-order valence-corrected chi connectivity index (χ3v) is 6.32. The molecule has 0 atom stereocenters. The van der Waals surface area contributed by atoms with Crippen molar-refractivity contribution in [3.63, 3.8) is 0 Å². The Morgan fingerprint density at radius 1 is 0.935 bits per heavy atom. The van der Waals surface area contributed by atoms with Crippen LogP contribution in [0.15, 0.2) is 82.6 Å². The Labute approximate surface area is 185 Å². The zero-order valence-corrected chi connectivity index (χ0v) is 18.6. The summed E-state index contributed by atoms with van der Waals surface area (Å²) in [6.45, 7) is -0.195. The number of methoxy groups -OCH3 is 1. The summed E-state index contributed by atoms with van der Waals surface area (Å²) in [5.41, 5.74) is 1.11. The molecule has 0 aliphatic carbocycles. The van der Waals surface area contributed by atoms with E-state index in [1.807, 2.05) is 24.5 Å². The first-order chi connectivity index (χ1) is 14.9. The van der Waals surface area contributed by atoms with E-state index in [1.54, 1.807) is 42.1 Å². The minimum absolute atomic E-state index is 0.0778. The van der Waals surface area contributed by atoms with E-state index in [9.17, 15) is 13.2 Å². The van der Waals surface area contributed by atoms with Crippen LogP contribution < -0.4 is 19.5 Å². The van der Waals surface area contributed by atoms with Gasteiger partial charge >= 0.3 is 0 Å². The number of hydrogen-bond donors (Lipinski definition) is 2. The van der Waals surface area contributed by atoms with Crippen LogP contribution in [0.4, 0.5) is 11.4 Å². The first kappa shape index (κ1) is 22.5. The lowest BCUT2D eigenvalue weighted by molar-refractivity contribution is -0.118. The molecule has 0 bridgehead atoms. The fourth-order valence-corrected chi connectivity index (χ4v) is 4.15. The molecule has 9 heteroatoms. The zero-order valence-electron chi connectivity index (χ0n) is 17.0. The van der Waals surface area contributed by atoms with Crippen LogP contribution in [0.5, 0.6) is 11.5 Å². The molecule has 0 aromatic heterocycles. The SMILES string of the molecule is COc1ccc(NS(=O)(=O)c2ccc(OCC(=O)Nc3cccc(SC)c3)cc2)cc1. The summed E-state index contributed by atoms with van der Waals surface area (Å²) in [6, 6.07) is 19.9. The molecule has 0 heterocycles. The molecule has 7 nitrogen and oxygen atoms in total. The van der Waals surface area contributed by atoms with Crippen LogP contribution in [0, 0.1) is 0 Å². The van der Waals surface area contributed by atoms with Crippen molar-refractivity contribution in [2.75, 3.05) is 30.0 Å². The number of anilines is 2. The van der Waals surface area contributed by atoms with Crippen molar-refractivity contribution < 1.29 is 22.7 Å². The van der Waals surface area contributed by atoms with E-state index in [1.165, 1.54) is 31.4 Å². The van der Waals surface area contributed by atoms with Gasteiger partial charge in [0.2, 0.25) is 0 Å². The monoisotopic (exact) mass is 458 g/mol. The van der Waals surface area contributed by atoms with Gasteiger partial charge < -0.3 is 14.8 Å². The number of carbonyl (C=O) groups excluding carboxylic acids is 1. The molecule has 3 rings (SSSR count). The van der Waals surface area contributed by atoms with Crippen LogP contribution in [0.3, 0.4) is 0 Å². The Bertz CT molecular complexity index is 1130. The van der Waals surface area contributed by atoms with Crippen molar-refractivity contribution in [3.05, 3.63) is 72.8 Å². The third kappa shape index (κ3) is 6.40. The van der Waals surface area contributed by atoms with Gasteiger partial charge in [-0.05, 0) is 73.0 Å². The summed E-state index contributed by atoms with van der Waals surface area (Å²) >= 11 is 1.58. The molecule has 0 aliphatic heterocycles. The van der Waals surface area contributed by atoms with E-state index in [-0.39, 0.29) is 17.4 Å². The fraction of sp³-hybridized carbons (Fsp3) is 0.136. The van der Waals surface area contributed by atoms with Crippen LogP contribution in [0.1, 0.15) is 0 Å². The molecule has 31 heavy (non-hydrogen) atoms. The minimum atomic E-state index is -3.76. The molecule has 3 aromatic carbocycles. The molecule has 0 spiro atoms. The summed E-state index contributed by atoms with van der Waals surface area (Å²) in [7, 11) is -2.22. The van der Waals surface area contributed by atoms with Crippen LogP contribution in [0.2, 0.25) is 0 Å². The molecule has 2 N–H and O–H groups in total. The highest BCUT2D eigenvalue weighted by atomic mass is 32.2. The lowest BCUT2D eigenvalue weighted by atomic mass is 10.3. The predicted octanol–water partition coefficient (Wildman–Crippen LogP) is 4.24. The van der Waals surface area contributed by atoms with Gasteiger partial charge in [-0.25, -0.2) is 8.42 Å². The van der Waals surface area contributed by atoms with Crippen LogP contribution in [-0.4, -0.2) is 34.3 Å². The molecule has 162 valence electrons. The van der Waals surface area contributed by atoms with E-state index in [0.717, 1.165) is 4.90 Å². The second kappa shape index (κ2) is 10.2. The average Bonchev–Trinajstić information content (AvgIpc) is 2.78. The molecule has 0 saturated carbocycles. The van der Waals surface area contributed by atoms with Gasteiger partial charge in [-0.2, -0.15) is 0 Å². The van der Waals surface area contributed by atoms with Gasteiger partial charge in [0.05, 0.1) is 12.0 Å². The second-order valence-electron chi connectivity index (χ2n) is 6.37. The van der Waals surface area contributed by atoms with E-state index in [4.69, 9.17) is 9.47 Å². The molecule has 0 radical (unpaired) electrons. The van der Waals surface area contributed by atoms with Gasteiger partial charge in [0.15, 0.2) is 6.61 Å². The van der Waals surface area contributed by atoms with Gasteiger partial charge in [0, 0.05) is 16.3 Å². The number of ether oxygens (including phenoxy) is 2. The minimum Gasteiger partial charge on any atom is -0.497 e. The number of rotatable bonds is 9. The van der Waals surface area contributed by atoms with Crippen molar-refractivity contribution in [3.8, 4) is 11.5 Å². The van der Waals surface area contributed by atoms with Crippen LogP contribution in [-0.2, 0) is 14.8 Å². The molecule has 0 saturated heterocycles. The lowest BCUT2D eigenvalue weighted by Gasteiger charge is -2.10. The molecule has 0 fully saturated rings. The van der Waals surface area contributed by atoms with Crippen molar-refractivity contribution >= 4 is 39.1 Å². The zero-order chi connectivity index (χ0) is 22.3. The molecular weight excluding hydrogens is 436 g/mol. The van der Waals surface area contributed by atoms with Crippen molar-refractivity contribution in [2.24, 2.45) is 0 Å². The number of benzene rings is 3. The number of thioether (sulfide) groups is 1. The van der Waals surface area contributed by atoms with Gasteiger partial charge in [0.25, 0.3) is 15.9 Å². The fourth-order valence-electron chi connectivity index (χ4n) is 2.63. The molecular formula is C22H22N2O5S2. The van der Waals surface area contributed by atoms with Crippen molar-refractivity contribution in [1.29, 1.82) is 0 Å². The predicted molar refractivity (Wildman–Crippen MR) is 123 cm³/mol. The highest BCUT2D eigenvalue weighted by Crippen LogP contribution is 2.22. The Hall–Kier alpha value is -3.17. The van der Waals surface area contributed by atoms with Gasteiger partial charge in [-0.15, -0.1) is 11.8 Å². The standard InChI is InChI=1S/C22H22N2O5S2/c1-28-18-8-6-16(7-9-18)24-31(26,27)21-12-10-19(11-13-21)29-15-22(25)23-17-4-3-5-20(14-17)30-2/h3-14,24H,15H2,1-2H3,(H,23,25). The first-order valence-corrected chi connectivity index (χ1v) is 11.9. The number of carbonyl (C=O) groups is 1. The Morgan fingerprint density at radius 2 is 1.61 bits per heavy atom. The lowest BCUT2D eigenvalue weighted by Crippen LogP contribution is -2.20. The smallest absolute Gasteiger partial charge is 0.262 e. The van der Waals surface area contributed by atoms with Crippen molar-refractivity contribution in [2.45, 2.75) is 9.79 Å². The maximum Gasteiger partial charge on any atom is 0.262 e. The van der Waals surface area contributed by atoms with E-state index >= 15 is 0 Å². The third-order valence-electron chi connectivity index (χ3n) is 4.20. The number of nitrogens with one attached hydrogen (secondary N) is 2.